The summed E-state index contributed by atoms with van der Waals surface area (Å²) < 4.78 is 16.2. The Morgan fingerprint density at radius 1 is 1.07 bits per heavy atom. The van der Waals surface area contributed by atoms with Crippen molar-refractivity contribution >= 4 is 11.6 Å². The minimum Gasteiger partial charge on any atom is -0.493 e. The number of ether oxygens (including phenoxy) is 3. The van der Waals surface area contributed by atoms with Crippen molar-refractivity contribution < 1.29 is 23.9 Å². The van der Waals surface area contributed by atoms with Crippen LogP contribution in [0.1, 0.15) is 24.0 Å². The summed E-state index contributed by atoms with van der Waals surface area (Å²) in [6.45, 7) is 1.84. The van der Waals surface area contributed by atoms with Gasteiger partial charge in [0.25, 0.3) is 11.9 Å². The zero-order valence-corrected chi connectivity index (χ0v) is 17.1. The lowest BCUT2D eigenvalue weighted by Gasteiger charge is -2.25. The largest absolute Gasteiger partial charge is 0.493 e. The molecule has 2 aliphatic heterocycles. The van der Waals surface area contributed by atoms with Crippen LogP contribution in [0.5, 0.6) is 17.2 Å². The standard InChI is InChI=1S/C21H23N3O6/c1-11-17(12-9-15(28-2)18(30-4)16(10-12)29-3)19(24(26)27)21(23-11)13-7-5-6-8-14(13)22-20(21)25/h5-11,17,19,23H,1-4H3,(H,22,25)/t11-,17-,19+,21+/m0/s1. The second-order valence-electron chi connectivity index (χ2n) is 7.46. The maximum absolute atomic E-state index is 13.1. The van der Waals surface area contributed by atoms with Crippen LogP contribution in [0.3, 0.4) is 0 Å². The average Bonchev–Trinajstić information content (AvgIpc) is 3.21. The van der Waals surface area contributed by atoms with Gasteiger partial charge in [0.05, 0.1) is 27.2 Å². The van der Waals surface area contributed by atoms with Crippen molar-refractivity contribution in [2.45, 2.75) is 30.5 Å². The summed E-state index contributed by atoms with van der Waals surface area (Å²) >= 11 is 0. The van der Waals surface area contributed by atoms with Gasteiger partial charge in [0.15, 0.2) is 17.0 Å². The van der Waals surface area contributed by atoms with Gasteiger partial charge in [0.2, 0.25) is 5.75 Å². The Morgan fingerprint density at radius 3 is 2.27 bits per heavy atom. The van der Waals surface area contributed by atoms with E-state index in [1.54, 1.807) is 36.4 Å². The molecule has 1 fully saturated rings. The van der Waals surface area contributed by atoms with Crippen molar-refractivity contribution in [1.82, 2.24) is 5.32 Å². The van der Waals surface area contributed by atoms with Crippen molar-refractivity contribution in [2.75, 3.05) is 26.6 Å². The molecule has 2 N–H and O–H groups in total. The summed E-state index contributed by atoms with van der Waals surface area (Å²) in [5.74, 6) is 0.160. The number of amides is 1. The Kier molecular flexibility index (Phi) is 4.77. The highest BCUT2D eigenvalue weighted by molar-refractivity contribution is 6.07. The van der Waals surface area contributed by atoms with Gasteiger partial charge in [-0.3, -0.25) is 20.2 Å². The van der Waals surface area contributed by atoms with Crippen LogP contribution in [-0.4, -0.2) is 44.2 Å². The van der Waals surface area contributed by atoms with E-state index in [0.717, 1.165) is 0 Å². The molecule has 4 atom stereocenters. The number of nitro groups is 1. The van der Waals surface area contributed by atoms with E-state index in [9.17, 15) is 14.9 Å². The first kappa shape index (κ1) is 20.0. The summed E-state index contributed by atoms with van der Waals surface area (Å²) in [5, 5.41) is 18.4. The molecule has 30 heavy (non-hydrogen) atoms. The van der Waals surface area contributed by atoms with E-state index >= 15 is 0 Å². The third kappa shape index (κ3) is 2.62. The molecular weight excluding hydrogens is 390 g/mol. The number of hydrogen-bond donors (Lipinski definition) is 2. The molecule has 4 rings (SSSR count). The molecule has 9 nitrogen and oxygen atoms in total. The van der Waals surface area contributed by atoms with E-state index in [0.29, 0.717) is 34.1 Å². The fraction of sp³-hybridized carbons (Fsp3) is 0.381. The second kappa shape index (κ2) is 7.17. The van der Waals surface area contributed by atoms with E-state index in [2.05, 4.69) is 10.6 Å². The van der Waals surface area contributed by atoms with Crippen LogP contribution in [0.15, 0.2) is 36.4 Å². The number of nitrogens with one attached hydrogen (secondary N) is 2. The third-order valence-electron chi connectivity index (χ3n) is 6.04. The van der Waals surface area contributed by atoms with E-state index in [4.69, 9.17) is 14.2 Å². The number of fused-ring (bicyclic) bond motifs is 2. The first-order valence-corrected chi connectivity index (χ1v) is 9.51. The van der Waals surface area contributed by atoms with Crippen molar-refractivity contribution in [3.8, 4) is 17.2 Å². The lowest BCUT2D eigenvalue weighted by molar-refractivity contribution is -0.532. The highest BCUT2D eigenvalue weighted by Crippen LogP contribution is 2.51. The molecule has 2 heterocycles. The summed E-state index contributed by atoms with van der Waals surface area (Å²) in [6, 6.07) is 8.86. The second-order valence-corrected chi connectivity index (χ2v) is 7.46. The number of hydrogen-bond acceptors (Lipinski definition) is 7. The molecular formula is C21H23N3O6. The number of carbonyl (C=O) groups is 1. The summed E-state index contributed by atoms with van der Waals surface area (Å²) in [7, 11) is 4.48. The highest BCUT2D eigenvalue weighted by atomic mass is 16.6. The molecule has 1 amide bonds. The molecule has 0 radical (unpaired) electrons. The van der Waals surface area contributed by atoms with Crippen LogP contribution in [0.4, 0.5) is 5.69 Å². The smallest absolute Gasteiger partial charge is 0.256 e. The molecule has 0 aliphatic carbocycles. The molecule has 0 bridgehead atoms. The predicted octanol–water partition coefficient (Wildman–Crippen LogP) is 2.28. The Labute approximate surface area is 173 Å². The van der Waals surface area contributed by atoms with E-state index in [1.807, 2.05) is 6.92 Å². The number of para-hydroxylation sites is 1. The molecule has 9 heteroatoms. The van der Waals surface area contributed by atoms with Crippen LogP contribution in [0.25, 0.3) is 0 Å². The van der Waals surface area contributed by atoms with Gasteiger partial charge < -0.3 is 19.5 Å². The van der Waals surface area contributed by atoms with Crippen molar-refractivity contribution in [1.29, 1.82) is 0 Å². The molecule has 2 aromatic carbocycles. The van der Waals surface area contributed by atoms with Gasteiger partial charge in [-0.15, -0.1) is 0 Å². The maximum atomic E-state index is 13.1. The lowest BCUT2D eigenvalue weighted by Crippen LogP contribution is -2.54. The Bertz CT molecular complexity index is 1000. The Balaban J connectivity index is 1.91. The third-order valence-corrected chi connectivity index (χ3v) is 6.04. The van der Waals surface area contributed by atoms with Gasteiger partial charge >= 0.3 is 0 Å². The molecule has 2 aliphatic rings. The SMILES string of the molecule is COc1cc([C@@H]2[C@H](C)N[C@@]3(C(=O)Nc4ccccc43)[C@@H]2[N+](=O)[O-])cc(OC)c1OC. The number of benzene rings is 2. The van der Waals surface area contributed by atoms with Crippen LogP contribution in [-0.2, 0) is 10.3 Å². The van der Waals surface area contributed by atoms with Gasteiger partial charge in [0, 0.05) is 22.2 Å². The first-order chi connectivity index (χ1) is 14.4. The minimum atomic E-state index is -1.47. The van der Waals surface area contributed by atoms with Crippen LogP contribution in [0.2, 0.25) is 0 Å². The number of nitrogens with zero attached hydrogens (tertiary/aromatic N) is 1. The Morgan fingerprint density at radius 2 is 1.70 bits per heavy atom. The van der Waals surface area contributed by atoms with Crippen molar-refractivity contribution in [2.24, 2.45) is 0 Å². The average molecular weight is 413 g/mol. The Hall–Kier alpha value is -3.33. The van der Waals surface area contributed by atoms with Gasteiger partial charge in [-0.2, -0.15) is 0 Å². The van der Waals surface area contributed by atoms with E-state index < -0.39 is 23.4 Å². The summed E-state index contributed by atoms with van der Waals surface area (Å²) in [4.78, 5) is 25.1. The van der Waals surface area contributed by atoms with Crippen molar-refractivity contribution in [3.63, 3.8) is 0 Å². The van der Waals surface area contributed by atoms with Crippen LogP contribution in [0, 0.1) is 10.1 Å². The summed E-state index contributed by atoms with van der Waals surface area (Å²) in [6.07, 6.45) is 0. The molecule has 0 saturated carbocycles. The quantitative estimate of drug-likeness (QED) is 0.571. The monoisotopic (exact) mass is 413 g/mol. The zero-order chi connectivity index (χ0) is 21.6. The number of carbonyl (C=O) groups excluding carboxylic acids is 1. The van der Waals surface area contributed by atoms with Gasteiger partial charge in [-0.1, -0.05) is 18.2 Å². The predicted molar refractivity (Wildman–Crippen MR) is 109 cm³/mol. The molecule has 158 valence electrons. The lowest BCUT2D eigenvalue weighted by atomic mass is 9.78. The number of methoxy groups -OCH3 is 3. The maximum Gasteiger partial charge on any atom is 0.256 e. The van der Waals surface area contributed by atoms with Gasteiger partial charge in [-0.05, 0) is 30.7 Å². The fourth-order valence-electron chi connectivity index (χ4n) is 4.85. The first-order valence-electron chi connectivity index (χ1n) is 9.51. The van der Waals surface area contributed by atoms with Crippen molar-refractivity contribution in [3.05, 3.63) is 57.6 Å². The number of anilines is 1. The number of rotatable bonds is 5. The van der Waals surface area contributed by atoms with Crippen LogP contribution >= 0.6 is 0 Å². The van der Waals surface area contributed by atoms with Gasteiger partial charge in [0.1, 0.15) is 0 Å². The van der Waals surface area contributed by atoms with E-state index in [1.165, 1.54) is 21.3 Å². The molecule has 0 aromatic heterocycles. The molecule has 2 aromatic rings. The topological polar surface area (TPSA) is 112 Å². The normalized spacial score (nSPS) is 26.9. The molecule has 0 unspecified atom stereocenters. The fourth-order valence-corrected chi connectivity index (χ4v) is 4.85. The zero-order valence-electron chi connectivity index (χ0n) is 17.1. The van der Waals surface area contributed by atoms with E-state index in [-0.39, 0.29) is 11.0 Å². The minimum absolute atomic E-state index is 0.369. The molecule has 1 spiro atoms. The van der Waals surface area contributed by atoms with Crippen LogP contribution < -0.4 is 24.8 Å². The molecule has 1 saturated heterocycles. The van der Waals surface area contributed by atoms with Gasteiger partial charge in [-0.25, -0.2) is 0 Å². The highest BCUT2D eigenvalue weighted by Gasteiger charge is 2.67. The summed E-state index contributed by atoms with van der Waals surface area (Å²) in [5.41, 5.74) is 0.322.